The maximum atomic E-state index is 15.3. The number of amides is 1. The quantitative estimate of drug-likeness (QED) is 0.264. The molecule has 1 amide bonds. The van der Waals surface area contributed by atoms with Crippen molar-refractivity contribution >= 4 is 37.6 Å². The van der Waals surface area contributed by atoms with Crippen molar-refractivity contribution in [3.05, 3.63) is 69.7 Å². The molecule has 0 fully saturated rings. The van der Waals surface area contributed by atoms with Crippen molar-refractivity contribution in [2.24, 2.45) is 9.36 Å². The van der Waals surface area contributed by atoms with Crippen molar-refractivity contribution in [1.29, 1.82) is 0 Å². The number of benzene rings is 2. The van der Waals surface area contributed by atoms with Crippen LogP contribution in [0.1, 0.15) is 45.7 Å². The summed E-state index contributed by atoms with van der Waals surface area (Å²) >= 11 is 3.39. The van der Waals surface area contributed by atoms with Gasteiger partial charge in [0.25, 0.3) is 0 Å². The molecule has 0 spiro atoms. The second-order valence-corrected chi connectivity index (χ2v) is 14.4. The molecule has 0 radical (unpaired) electrons. The van der Waals surface area contributed by atoms with Crippen LogP contribution in [0.5, 0.6) is 0 Å². The lowest BCUT2D eigenvalue weighted by Gasteiger charge is -2.46. The van der Waals surface area contributed by atoms with E-state index in [2.05, 4.69) is 20.3 Å². The molecule has 1 aliphatic rings. The Morgan fingerprint density at radius 1 is 1.15 bits per heavy atom. The Morgan fingerprint density at radius 3 is 2.38 bits per heavy atom. The summed E-state index contributed by atoms with van der Waals surface area (Å²) < 4.78 is 64.2. The summed E-state index contributed by atoms with van der Waals surface area (Å²) in [6.45, 7) is 8.48. The summed E-state index contributed by atoms with van der Waals surface area (Å²) in [6.07, 6.45) is -0.811. The van der Waals surface area contributed by atoms with Crippen LogP contribution in [-0.2, 0) is 34.2 Å². The van der Waals surface area contributed by atoms with Crippen LogP contribution in [0.3, 0.4) is 0 Å². The van der Waals surface area contributed by atoms with Gasteiger partial charge in [0.2, 0.25) is 0 Å². The molecule has 12 heteroatoms. The number of ether oxygens (including phenoxy) is 3. The minimum atomic E-state index is -3.37. The summed E-state index contributed by atoms with van der Waals surface area (Å²) in [7, 11) is -0.436. The van der Waals surface area contributed by atoms with E-state index in [9.17, 15) is 13.4 Å². The first-order chi connectivity index (χ1) is 18.6. The fourth-order valence-electron chi connectivity index (χ4n) is 4.55. The Kier molecular flexibility index (Phi) is 9.81. The molecule has 1 aliphatic heterocycles. The van der Waals surface area contributed by atoms with Gasteiger partial charge in [-0.15, -0.1) is 0 Å². The van der Waals surface area contributed by atoms with Crippen LogP contribution in [0.25, 0.3) is 0 Å². The van der Waals surface area contributed by atoms with Gasteiger partial charge in [0, 0.05) is 24.2 Å². The van der Waals surface area contributed by atoms with Crippen LogP contribution in [0.4, 0.5) is 13.6 Å². The molecule has 0 saturated heterocycles. The monoisotopic (exact) mass is 643 g/mol. The number of nitrogens with zero attached hydrogens (tertiary/aromatic N) is 3. The average Bonchev–Trinajstić information content (AvgIpc) is 2.87. The molecule has 0 aromatic heterocycles. The van der Waals surface area contributed by atoms with E-state index < -0.39 is 43.3 Å². The lowest BCUT2D eigenvalue weighted by molar-refractivity contribution is -0.00319. The lowest BCUT2D eigenvalue weighted by Crippen LogP contribution is -2.59. The molecule has 2 aromatic rings. The van der Waals surface area contributed by atoms with Crippen molar-refractivity contribution in [3.8, 4) is 0 Å². The minimum absolute atomic E-state index is 0.00509. The predicted octanol–water partition coefficient (Wildman–Crippen LogP) is 6.23. The van der Waals surface area contributed by atoms with E-state index >= 15 is 4.39 Å². The summed E-state index contributed by atoms with van der Waals surface area (Å²) in [5.41, 5.74) is -1.72. The highest BCUT2D eigenvalue weighted by Crippen LogP contribution is 2.46. The predicted molar refractivity (Wildman–Crippen MR) is 155 cm³/mol. The van der Waals surface area contributed by atoms with Crippen molar-refractivity contribution in [3.63, 3.8) is 0 Å². The Labute approximate surface area is 243 Å². The number of carbonyl (C=O) groups is 1. The second kappa shape index (κ2) is 12.2. The molecule has 8 nitrogen and oxygen atoms in total. The van der Waals surface area contributed by atoms with E-state index in [1.54, 1.807) is 46.8 Å². The number of amidine groups is 1. The van der Waals surface area contributed by atoms with Gasteiger partial charge in [0.1, 0.15) is 40.1 Å². The first-order valence-electron chi connectivity index (χ1n) is 12.6. The van der Waals surface area contributed by atoms with Gasteiger partial charge in [-0.3, -0.25) is 4.99 Å². The molecule has 0 aliphatic carbocycles. The van der Waals surface area contributed by atoms with E-state index in [-0.39, 0.29) is 37.1 Å². The fourth-order valence-corrected chi connectivity index (χ4v) is 7.62. The maximum absolute atomic E-state index is 15.3. The number of aliphatic imine (C=N–C) groups is 1. The Balaban J connectivity index is 2.38. The standard InChI is InChI=1S/C28H36BrF2N3O5S/c1-26(2,3)39-25(35)34(18-38-15-14-37-7)24-28(5,19-8-11-21(30)12-9-19)40(36,32-6)17-27(4,33-24)22-16-20(29)10-13-23(22)31/h8-13,16H,14-15,17-18H2,1-7H3/t27-,28+,40?/m0/s1. The number of rotatable bonds is 7. The highest BCUT2D eigenvalue weighted by atomic mass is 79.9. The zero-order valence-electron chi connectivity index (χ0n) is 23.8. The van der Waals surface area contributed by atoms with Gasteiger partial charge in [0.05, 0.1) is 28.7 Å². The molecule has 0 bridgehead atoms. The highest BCUT2D eigenvalue weighted by molar-refractivity contribution is 9.10. The summed E-state index contributed by atoms with van der Waals surface area (Å²) in [5.74, 6) is -1.23. The van der Waals surface area contributed by atoms with Crippen LogP contribution in [0, 0.1) is 11.6 Å². The van der Waals surface area contributed by atoms with E-state index in [0.717, 1.165) is 4.90 Å². The number of carbonyl (C=O) groups excluding carboxylic acids is 1. The highest BCUT2D eigenvalue weighted by Gasteiger charge is 2.55. The van der Waals surface area contributed by atoms with Crippen LogP contribution in [-0.4, -0.2) is 66.5 Å². The van der Waals surface area contributed by atoms with E-state index in [4.69, 9.17) is 19.2 Å². The van der Waals surface area contributed by atoms with Gasteiger partial charge < -0.3 is 14.2 Å². The molecule has 3 atom stereocenters. The smallest absolute Gasteiger partial charge is 0.417 e. The molecule has 220 valence electrons. The minimum Gasteiger partial charge on any atom is -0.443 e. The van der Waals surface area contributed by atoms with Gasteiger partial charge in [0.15, 0.2) is 0 Å². The van der Waals surface area contributed by atoms with Crippen LogP contribution in [0.15, 0.2) is 56.3 Å². The molecular formula is C28H36BrF2N3O5S. The van der Waals surface area contributed by atoms with Crippen LogP contribution >= 0.6 is 15.9 Å². The molecule has 1 unspecified atom stereocenters. The second-order valence-electron chi connectivity index (χ2n) is 10.8. The normalized spacial score (nSPS) is 24.8. The first kappa shape index (κ1) is 32.1. The summed E-state index contributed by atoms with van der Waals surface area (Å²) in [6, 6.07) is 9.85. The van der Waals surface area contributed by atoms with E-state index in [1.165, 1.54) is 44.5 Å². The van der Waals surface area contributed by atoms with E-state index in [1.807, 2.05) is 0 Å². The third-order valence-corrected chi connectivity index (χ3v) is 10.3. The van der Waals surface area contributed by atoms with Gasteiger partial charge in [-0.1, -0.05) is 28.1 Å². The summed E-state index contributed by atoms with van der Waals surface area (Å²) in [4.78, 5) is 19.8. The third kappa shape index (κ3) is 6.56. The Morgan fingerprint density at radius 2 is 1.80 bits per heavy atom. The van der Waals surface area contributed by atoms with Crippen molar-refractivity contribution in [2.45, 2.75) is 50.5 Å². The fraction of sp³-hybridized carbons (Fsp3) is 0.500. The van der Waals surface area contributed by atoms with Gasteiger partial charge in [-0.05, 0) is 70.5 Å². The van der Waals surface area contributed by atoms with Crippen LogP contribution < -0.4 is 0 Å². The van der Waals surface area contributed by atoms with Gasteiger partial charge >= 0.3 is 6.09 Å². The number of halogens is 3. The number of hydrogen-bond donors (Lipinski definition) is 0. The molecule has 2 aromatic carbocycles. The first-order valence-corrected chi connectivity index (χ1v) is 15.1. The largest absolute Gasteiger partial charge is 0.443 e. The zero-order chi connectivity index (χ0) is 29.9. The molecular weight excluding hydrogens is 608 g/mol. The van der Waals surface area contributed by atoms with Crippen molar-refractivity contribution in [1.82, 2.24) is 4.90 Å². The van der Waals surface area contributed by atoms with Crippen molar-refractivity contribution in [2.75, 3.05) is 39.9 Å². The molecule has 0 N–H and O–H groups in total. The average molecular weight is 645 g/mol. The third-order valence-electron chi connectivity index (χ3n) is 6.61. The Hall–Kier alpha value is -2.41. The SMILES string of the molecule is CN=S1(=O)C[C@@](C)(c2cc(Br)ccc2F)N=C(N(COCCOC)C(=O)OC(C)(C)C)[C@@]1(C)c1ccc(F)cc1. The van der Waals surface area contributed by atoms with E-state index in [0.29, 0.717) is 10.0 Å². The Bertz CT molecular complexity index is 1390. The molecule has 1 heterocycles. The lowest BCUT2D eigenvalue weighted by atomic mass is 9.91. The van der Waals surface area contributed by atoms with Crippen LogP contribution in [0.2, 0.25) is 0 Å². The molecule has 40 heavy (non-hydrogen) atoms. The molecule has 0 saturated carbocycles. The summed E-state index contributed by atoms with van der Waals surface area (Å²) in [5, 5.41) is 0. The zero-order valence-corrected chi connectivity index (χ0v) is 26.2. The number of hydrogen-bond acceptors (Lipinski definition) is 7. The maximum Gasteiger partial charge on any atom is 0.417 e. The molecule has 3 rings (SSSR count). The van der Waals surface area contributed by atoms with Gasteiger partial charge in [-0.2, -0.15) is 0 Å². The number of methoxy groups -OCH3 is 1. The topological polar surface area (TPSA) is 89.8 Å². The van der Waals surface area contributed by atoms with Crippen molar-refractivity contribution < 1.29 is 32.0 Å². The van der Waals surface area contributed by atoms with Gasteiger partial charge in [-0.25, -0.2) is 27.0 Å².